The molecular formula is C21H14F5N7O. The fourth-order valence-corrected chi connectivity index (χ4v) is 3.69. The number of hydrogen-bond donors (Lipinski definition) is 2. The monoisotopic (exact) mass is 475 g/mol. The molecule has 1 fully saturated rings. The first kappa shape index (κ1) is 21.7. The van der Waals surface area contributed by atoms with E-state index in [0.717, 1.165) is 29.1 Å². The number of amides is 1. The maximum Gasteiger partial charge on any atom is 0.435 e. The average Bonchev–Trinajstić information content (AvgIpc) is 3.20. The number of nitrogens with zero attached hydrogens (tertiary/aromatic N) is 5. The molecular weight excluding hydrogens is 461 g/mol. The molecule has 0 aliphatic heterocycles. The van der Waals surface area contributed by atoms with Crippen LogP contribution in [-0.4, -0.2) is 36.3 Å². The normalized spacial score (nSPS) is 14.7. The summed E-state index contributed by atoms with van der Waals surface area (Å²) < 4.78 is 67.0. The minimum Gasteiger partial charge on any atom is -0.325 e. The summed E-state index contributed by atoms with van der Waals surface area (Å²) in [6.45, 7) is 0. The summed E-state index contributed by atoms with van der Waals surface area (Å²) in [5.41, 5.74) is -0.951. The van der Waals surface area contributed by atoms with E-state index in [1.165, 1.54) is 24.3 Å². The fourth-order valence-electron chi connectivity index (χ4n) is 3.69. The van der Waals surface area contributed by atoms with Gasteiger partial charge in [0.1, 0.15) is 0 Å². The minimum atomic E-state index is -4.62. The molecule has 1 aliphatic carbocycles. The molecule has 4 aromatic rings. The zero-order valence-electron chi connectivity index (χ0n) is 17.1. The largest absolute Gasteiger partial charge is 0.435 e. The van der Waals surface area contributed by atoms with Crippen LogP contribution in [0.3, 0.4) is 0 Å². The van der Waals surface area contributed by atoms with E-state index in [-0.39, 0.29) is 17.1 Å². The summed E-state index contributed by atoms with van der Waals surface area (Å²) in [7, 11) is 0. The van der Waals surface area contributed by atoms with Crippen molar-refractivity contribution in [2.75, 3.05) is 5.32 Å². The van der Waals surface area contributed by atoms with E-state index in [0.29, 0.717) is 24.1 Å². The number of rotatable bonds is 5. The molecule has 2 aromatic carbocycles. The van der Waals surface area contributed by atoms with Gasteiger partial charge in [0.05, 0.1) is 16.7 Å². The van der Waals surface area contributed by atoms with Crippen LogP contribution >= 0.6 is 0 Å². The number of tetrazole rings is 1. The van der Waals surface area contributed by atoms with E-state index >= 15 is 0 Å². The summed E-state index contributed by atoms with van der Waals surface area (Å²) in [4.78, 5) is 13.0. The maximum absolute atomic E-state index is 13.7. The first-order valence-corrected chi connectivity index (χ1v) is 9.95. The lowest BCUT2D eigenvalue weighted by Crippen LogP contribution is -2.28. The lowest BCUT2D eigenvalue weighted by atomic mass is 9.94. The Morgan fingerprint density at radius 3 is 2.47 bits per heavy atom. The van der Waals surface area contributed by atoms with Gasteiger partial charge in [-0.25, -0.2) is 13.5 Å². The van der Waals surface area contributed by atoms with Gasteiger partial charge in [0.15, 0.2) is 17.3 Å². The van der Waals surface area contributed by atoms with Crippen molar-refractivity contribution >= 4 is 11.6 Å². The van der Waals surface area contributed by atoms with Crippen molar-refractivity contribution in [3.8, 4) is 17.1 Å². The number of aromatic nitrogens is 6. The Hall–Kier alpha value is -4.16. The highest BCUT2D eigenvalue weighted by Gasteiger charge is 2.51. The van der Waals surface area contributed by atoms with Crippen LogP contribution in [0.2, 0.25) is 0 Å². The Kier molecular flexibility index (Phi) is 4.92. The molecule has 0 unspecified atom stereocenters. The minimum absolute atomic E-state index is 0.0666. The molecule has 0 saturated heterocycles. The molecule has 174 valence electrons. The molecule has 0 radical (unpaired) electrons. The molecule has 0 atom stereocenters. The number of anilines is 1. The predicted octanol–water partition coefficient (Wildman–Crippen LogP) is 4.02. The van der Waals surface area contributed by atoms with Gasteiger partial charge in [-0.05, 0) is 60.0 Å². The van der Waals surface area contributed by atoms with Gasteiger partial charge < -0.3 is 5.32 Å². The Labute approximate surface area is 187 Å². The van der Waals surface area contributed by atoms with Crippen molar-refractivity contribution in [1.82, 2.24) is 30.4 Å². The van der Waals surface area contributed by atoms with Crippen LogP contribution in [0.4, 0.5) is 27.6 Å². The highest BCUT2D eigenvalue weighted by atomic mass is 19.4. The molecule has 1 amide bonds. The molecule has 1 saturated carbocycles. The molecule has 1 aliphatic rings. The van der Waals surface area contributed by atoms with Crippen molar-refractivity contribution in [3.05, 3.63) is 71.6 Å². The van der Waals surface area contributed by atoms with Crippen molar-refractivity contribution in [3.63, 3.8) is 0 Å². The third kappa shape index (κ3) is 3.78. The lowest BCUT2D eigenvalue weighted by molar-refractivity contribution is -0.141. The average molecular weight is 475 g/mol. The summed E-state index contributed by atoms with van der Waals surface area (Å²) in [6, 6.07) is 8.57. The van der Waals surface area contributed by atoms with Crippen molar-refractivity contribution in [1.29, 1.82) is 0 Å². The third-order valence-corrected chi connectivity index (χ3v) is 5.62. The van der Waals surface area contributed by atoms with E-state index in [9.17, 15) is 26.7 Å². The molecule has 8 nitrogen and oxygen atoms in total. The summed E-state index contributed by atoms with van der Waals surface area (Å²) >= 11 is 0. The second-order valence-electron chi connectivity index (χ2n) is 7.78. The maximum atomic E-state index is 13.7. The van der Waals surface area contributed by atoms with Gasteiger partial charge >= 0.3 is 6.18 Å². The molecule has 2 heterocycles. The van der Waals surface area contributed by atoms with Crippen molar-refractivity contribution in [2.45, 2.75) is 24.4 Å². The molecule has 0 spiro atoms. The number of nitrogens with one attached hydrogen (secondary N) is 2. The Bertz CT molecular complexity index is 1380. The number of halogens is 5. The van der Waals surface area contributed by atoms with E-state index in [2.05, 4.69) is 31.0 Å². The van der Waals surface area contributed by atoms with E-state index in [1.807, 2.05) is 0 Å². The van der Waals surface area contributed by atoms with Crippen molar-refractivity contribution in [2.24, 2.45) is 0 Å². The Morgan fingerprint density at radius 1 is 1.06 bits per heavy atom. The van der Waals surface area contributed by atoms with Gasteiger partial charge in [-0.15, -0.1) is 10.2 Å². The zero-order valence-corrected chi connectivity index (χ0v) is 17.1. The summed E-state index contributed by atoms with van der Waals surface area (Å²) in [6.07, 6.45) is -2.58. The highest BCUT2D eigenvalue weighted by molar-refractivity contribution is 6.01. The van der Waals surface area contributed by atoms with Gasteiger partial charge in [0.25, 0.3) is 0 Å². The van der Waals surface area contributed by atoms with Crippen LogP contribution in [0.1, 0.15) is 24.1 Å². The number of benzene rings is 2. The van der Waals surface area contributed by atoms with Crippen LogP contribution in [0, 0.1) is 11.6 Å². The van der Waals surface area contributed by atoms with Gasteiger partial charge in [0, 0.05) is 11.9 Å². The van der Waals surface area contributed by atoms with Gasteiger partial charge in [-0.1, -0.05) is 6.07 Å². The van der Waals surface area contributed by atoms with Crippen LogP contribution in [0.25, 0.3) is 17.1 Å². The molecule has 13 heteroatoms. The van der Waals surface area contributed by atoms with Gasteiger partial charge in [0.2, 0.25) is 11.7 Å². The highest BCUT2D eigenvalue weighted by Crippen LogP contribution is 2.49. The lowest BCUT2D eigenvalue weighted by Gasteiger charge is -2.17. The number of hydrogen-bond acceptors (Lipinski definition) is 5. The second-order valence-corrected chi connectivity index (χ2v) is 7.78. The van der Waals surface area contributed by atoms with E-state index in [1.54, 1.807) is 0 Å². The first-order valence-electron chi connectivity index (χ1n) is 9.95. The Balaban J connectivity index is 1.48. The van der Waals surface area contributed by atoms with Gasteiger partial charge in [-0.2, -0.15) is 23.5 Å². The first-order chi connectivity index (χ1) is 16.2. The fraction of sp³-hybridized carbons (Fsp3) is 0.190. The second kappa shape index (κ2) is 7.71. The molecule has 2 N–H and O–H groups in total. The molecule has 0 bridgehead atoms. The van der Waals surface area contributed by atoms with E-state index < -0.39 is 34.8 Å². The smallest absolute Gasteiger partial charge is 0.325 e. The van der Waals surface area contributed by atoms with Gasteiger partial charge in [-0.3, -0.25) is 4.79 Å². The molecule has 34 heavy (non-hydrogen) atoms. The number of carbonyl (C=O) groups excluding carboxylic acids is 1. The SMILES string of the molecule is O=C(Nc1ccc(-n2ccc(C(F)(F)F)n2)c(-c2nn[nH]n2)c1)C1(c2ccc(F)c(F)c2)CC1. The van der Waals surface area contributed by atoms with Crippen LogP contribution in [0.5, 0.6) is 0 Å². The van der Waals surface area contributed by atoms with Crippen LogP contribution < -0.4 is 5.32 Å². The van der Waals surface area contributed by atoms with Crippen LogP contribution in [0.15, 0.2) is 48.7 Å². The number of alkyl halides is 3. The number of carbonyl (C=O) groups is 1. The van der Waals surface area contributed by atoms with Crippen molar-refractivity contribution < 1.29 is 26.7 Å². The summed E-state index contributed by atoms with van der Waals surface area (Å²) in [5.74, 6) is -2.41. The predicted molar refractivity (Wildman–Crippen MR) is 108 cm³/mol. The quantitative estimate of drug-likeness (QED) is 0.425. The number of H-pyrrole nitrogens is 1. The third-order valence-electron chi connectivity index (χ3n) is 5.62. The van der Waals surface area contributed by atoms with E-state index in [4.69, 9.17) is 0 Å². The molecule has 5 rings (SSSR count). The topological polar surface area (TPSA) is 101 Å². The standard InChI is InChI=1S/C21H14F5N7O/c22-14-3-1-11(9-15(14)23)20(6-7-20)19(34)27-12-2-4-16(13(10-12)18-28-31-32-29-18)33-8-5-17(30-33)21(24,25)26/h1-5,8-10H,6-7H2,(H,27,34)(H,28,29,31,32). The van der Waals surface area contributed by atoms with Crippen LogP contribution in [-0.2, 0) is 16.4 Å². The Morgan fingerprint density at radius 2 is 1.85 bits per heavy atom. The zero-order chi connectivity index (χ0) is 24.1. The summed E-state index contributed by atoms with van der Waals surface area (Å²) in [5, 5.41) is 19.8. The number of aromatic amines is 1. The molecule has 2 aromatic heterocycles.